The van der Waals surface area contributed by atoms with E-state index in [1.165, 1.54) is 4.90 Å². The Labute approximate surface area is 157 Å². The molecule has 0 bridgehead atoms. The first-order chi connectivity index (χ1) is 13.2. The Balaban J connectivity index is 1.30. The third-order valence-electron chi connectivity index (χ3n) is 6.11. The number of carbonyl (C=O) groups is 2. The van der Waals surface area contributed by atoms with Crippen LogP contribution >= 0.6 is 0 Å². The number of imide groups is 1. The quantitative estimate of drug-likeness (QED) is 0.618. The van der Waals surface area contributed by atoms with E-state index in [-0.39, 0.29) is 29.6 Å². The zero-order valence-electron chi connectivity index (χ0n) is 15.2. The predicted octanol–water partition coefficient (Wildman–Crippen LogP) is 2.92. The van der Waals surface area contributed by atoms with E-state index in [0.717, 1.165) is 42.9 Å². The average molecular weight is 365 g/mol. The zero-order chi connectivity index (χ0) is 18.4. The molecular weight excluding hydrogens is 342 g/mol. The lowest BCUT2D eigenvalue weighted by Crippen LogP contribution is -2.45. The van der Waals surface area contributed by atoms with E-state index in [9.17, 15) is 9.59 Å². The second-order valence-electron chi connectivity index (χ2n) is 7.84. The van der Waals surface area contributed by atoms with Crippen LogP contribution in [0.4, 0.5) is 0 Å². The lowest BCUT2D eigenvalue weighted by molar-refractivity contribution is -0.142. The number of hydrogen-bond donors (Lipinski definition) is 0. The first kappa shape index (κ1) is 16.7. The van der Waals surface area contributed by atoms with Crippen molar-refractivity contribution in [1.82, 2.24) is 14.8 Å². The van der Waals surface area contributed by atoms with Gasteiger partial charge in [-0.05, 0) is 44.4 Å². The van der Waals surface area contributed by atoms with Crippen molar-refractivity contribution >= 4 is 22.9 Å². The Kier molecular flexibility index (Phi) is 4.08. The molecule has 1 aliphatic carbocycles. The molecule has 0 radical (unpaired) electrons. The molecule has 0 saturated carbocycles. The van der Waals surface area contributed by atoms with Gasteiger partial charge >= 0.3 is 0 Å². The third-order valence-corrected chi connectivity index (χ3v) is 6.11. The van der Waals surface area contributed by atoms with Crippen LogP contribution in [0.25, 0.3) is 11.1 Å². The Bertz CT molecular complexity index is 859. The number of likely N-dealkylation sites (tertiary alicyclic amines) is 2. The molecule has 0 spiro atoms. The molecule has 140 valence electrons. The number of hydrogen-bond acceptors (Lipinski definition) is 5. The standard InChI is InChI=1S/C21H23N3O3/c25-20-15-7-1-2-8-16(15)21(26)24(20)13-23-11-5-6-14(12-23)19-22-17-9-3-4-10-18(17)27-19/h1-4,9-10,14-16H,5-8,11-13H2/t14-,15-,16+/m1/s1. The Morgan fingerprint density at radius 2 is 1.81 bits per heavy atom. The van der Waals surface area contributed by atoms with Gasteiger partial charge in [0.15, 0.2) is 11.5 Å². The van der Waals surface area contributed by atoms with Gasteiger partial charge in [-0.1, -0.05) is 24.3 Å². The van der Waals surface area contributed by atoms with Crippen LogP contribution in [0.3, 0.4) is 0 Å². The third kappa shape index (κ3) is 2.88. The maximum atomic E-state index is 12.7. The van der Waals surface area contributed by atoms with Crippen molar-refractivity contribution in [3.63, 3.8) is 0 Å². The number of allylic oxidation sites excluding steroid dienone is 2. The summed E-state index contributed by atoms with van der Waals surface area (Å²) in [6.07, 6.45) is 7.46. The van der Waals surface area contributed by atoms with Crippen molar-refractivity contribution in [3.8, 4) is 0 Å². The van der Waals surface area contributed by atoms with Gasteiger partial charge in [-0.2, -0.15) is 0 Å². The summed E-state index contributed by atoms with van der Waals surface area (Å²) in [6, 6.07) is 7.80. The number of amides is 2. The molecule has 2 fully saturated rings. The first-order valence-corrected chi connectivity index (χ1v) is 9.79. The highest BCUT2D eigenvalue weighted by Gasteiger charge is 2.47. The highest BCUT2D eigenvalue weighted by Crippen LogP contribution is 2.36. The number of carbonyl (C=O) groups excluding carboxylic acids is 2. The molecule has 2 aliphatic heterocycles. The van der Waals surface area contributed by atoms with E-state index < -0.39 is 0 Å². The lowest BCUT2D eigenvalue weighted by atomic mass is 9.85. The summed E-state index contributed by atoms with van der Waals surface area (Å²) in [4.78, 5) is 33.7. The Hall–Kier alpha value is -2.47. The van der Waals surface area contributed by atoms with E-state index in [4.69, 9.17) is 4.42 Å². The number of rotatable bonds is 3. The Morgan fingerprint density at radius 3 is 2.56 bits per heavy atom. The minimum absolute atomic E-state index is 0.00154. The number of aromatic nitrogens is 1. The van der Waals surface area contributed by atoms with Crippen LogP contribution in [0.15, 0.2) is 40.8 Å². The molecule has 1 aromatic heterocycles. The number of fused-ring (bicyclic) bond motifs is 2. The van der Waals surface area contributed by atoms with Gasteiger partial charge in [-0.3, -0.25) is 19.4 Å². The minimum atomic E-state index is -0.153. The van der Waals surface area contributed by atoms with Crippen LogP contribution in [0.5, 0.6) is 0 Å². The van der Waals surface area contributed by atoms with Crippen LogP contribution in [-0.2, 0) is 9.59 Å². The molecule has 6 heteroatoms. The summed E-state index contributed by atoms with van der Waals surface area (Å²) in [7, 11) is 0. The fourth-order valence-electron chi connectivity index (χ4n) is 4.66. The van der Waals surface area contributed by atoms with E-state index in [1.807, 2.05) is 36.4 Å². The molecule has 0 unspecified atom stereocenters. The molecule has 6 nitrogen and oxygen atoms in total. The molecule has 2 saturated heterocycles. The summed E-state index contributed by atoms with van der Waals surface area (Å²) in [5.41, 5.74) is 1.69. The fraction of sp³-hybridized carbons (Fsp3) is 0.476. The van der Waals surface area contributed by atoms with Gasteiger partial charge in [0, 0.05) is 12.5 Å². The van der Waals surface area contributed by atoms with E-state index in [2.05, 4.69) is 9.88 Å². The summed E-state index contributed by atoms with van der Waals surface area (Å²) in [5, 5.41) is 0. The molecule has 0 N–H and O–H groups in total. The van der Waals surface area contributed by atoms with Crippen molar-refractivity contribution in [2.75, 3.05) is 19.8 Å². The van der Waals surface area contributed by atoms with Gasteiger partial charge in [0.1, 0.15) is 5.52 Å². The van der Waals surface area contributed by atoms with Crippen molar-refractivity contribution in [3.05, 3.63) is 42.3 Å². The summed E-state index contributed by atoms with van der Waals surface area (Å²) < 4.78 is 5.95. The van der Waals surface area contributed by atoms with Crippen LogP contribution in [0.1, 0.15) is 37.5 Å². The predicted molar refractivity (Wildman–Crippen MR) is 99.6 cm³/mol. The molecule has 3 aliphatic rings. The normalized spacial score (nSPS) is 28.9. The number of nitrogens with zero attached hydrogens (tertiary/aromatic N) is 3. The SMILES string of the molecule is O=C1[C@H]2CC=CC[C@H]2C(=O)N1CN1CCC[C@@H](c2nc3ccccc3o2)C1. The molecule has 2 amide bonds. The van der Waals surface area contributed by atoms with Gasteiger partial charge in [0.2, 0.25) is 11.8 Å². The van der Waals surface area contributed by atoms with E-state index in [1.54, 1.807) is 0 Å². The monoisotopic (exact) mass is 365 g/mol. The van der Waals surface area contributed by atoms with Gasteiger partial charge in [0.05, 0.1) is 18.5 Å². The molecular formula is C21H23N3O3. The molecule has 27 heavy (non-hydrogen) atoms. The largest absolute Gasteiger partial charge is 0.440 e. The zero-order valence-corrected chi connectivity index (χ0v) is 15.2. The molecule has 5 rings (SSSR count). The maximum Gasteiger partial charge on any atom is 0.234 e. The number of para-hydroxylation sites is 2. The van der Waals surface area contributed by atoms with Crippen LogP contribution in [-0.4, -0.2) is 46.4 Å². The topological polar surface area (TPSA) is 66.7 Å². The van der Waals surface area contributed by atoms with Crippen molar-refractivity contribution in [1.29, 1.82) is 0 Å². The number of oxazole rings is 1. The lowest BCUT2D eigenvalue weighted by Gasteiger charge is -2.33. The molecule has 2 aromatic rings. The summed E-state index contributed by atoms with van der Waals surface area (Å²) in [6.45, 7) is 2.04. The van der Waals surface area contributed by atoms with Gasteiger partial charge < -0.3 is 4.42 Å². The average Bonchev–Trinajstić information content (AvgIpc) is 3.24. The maximum absolute atomic E-state index is 12.7. The smallest absolute Gasteiger partial charge is 0.234 e. The highest BCUT2D eigenvalue weighted by molar-refractivity contribution is 6.05. The second-order valence-corrected chi connectivity index (χ2v) is 7.84. The summed E-state index contributed by atoms with van der Waals surface area (Å²) >= 11 is 0. The number of benzene rings is 1. The molecule has 3 heterocycles. The summed E-state index contributed by atoms with van der Waals surface area (Å²) in [5.74, 6) is 0.651. The second kappa shape index (κ2) is 6.60. The van der Waals surface area contributed by atoms with Crippen LogP contribution < -0.4 is 0 Å². The highest BCUT2D eigenvalue weighted by atomic mass is 16.3. The van der Waals surface area contributed by atoms with Crippen molar-refractivity contribution < 1.29 is 14.0 Å². The van der Waals surface area contributed by atoms with Crippen molar-refractivity contribution in [2.24, 2.45) is 11.8 Å². The fourth-order valence-corrected chi connectivity index (χ4v) is 4.66. The minimum Gasteiger partial charge on any atom is -0.440 e. The van der Waals surface area contributed by atoms with Gasteiger partial charge in [-0.25, -0.2) is 4.98 Å². The van der Waals surface area contributed by atoms with Crippen LogP contribution in [0, 0.1) is 11.8 Å². The van der Waals surface area contributed by atoms with Gasteiger partial charge in [0.25, 0.3) is 0 Å². The van der Waals surface area contributed by atoms with E-state index >= 15 is 0 Å². The van der Waals surface area contributed by atoms with Crippen LogP contribution in [0.2, 0.25) is 0 Å². The van der Waals surface area contributed by atoms with Gasteiger partial charge in [-0.15, -0.1) is 0 Å². The Morgan fingerprint density at radius 1 is 1.07 bits per heavy atom. The van der Waals surface area contributed by atoms with E-state index in [0.29, 0.717) is 19.5 Å². The first-order valence-electron chi connectivity index (χ1n) is 9.79. The molecule has 3 atom stereocenters. The molecule has 1 aromatic carbocycles. The van der Waals surface area contributed by atoms with Crippen molar-refractivity contribution in [2.45, 2.75) is 31.6 Å². The number of piperidine rings is 1.